The lowest BCUT2D eigenvalue weighted by molar-refractivity contribution is -0.616. The summed E-state index contributed by atoms with van der Waals surface area (Å²) >= 11 is 0. The number of carbonyl (C=O) groups is 1. The van der Waals surface area contributed by atoms with Gasteiger partial charge in [0, 0.05) is 12.0 Å². The maximum Gasteiger partial charge on any atom is 0.255 e. The summed E-state index contributed by atoms with van der Waals surface area (Å²) in [4.78, 5) is 11.3. The summed E-state index contributed by atoms with van der Waals surface area (Å²) in [5, 5.41) is 11.7. The zero-order chi connectivity index (χ0) is 12.5. The van der Waals surface area contributed by atoms with Gasteiger partial charge >= 0.3 is 0 Å². The van der Waals surface area contributed by atoms with Gasteiger partial charge in [-0.25, -0.2) is 0 Å². The maximum atomic E-state index is 11.7. The van der Waals surface area contributed by atoms with Gasteiger partial charge in [-0.05, 0) is 11.5 Å². The molecule has 0 fully saturated rings. The van der Waals surface area contributed by atoms with Crippen molar-refractivity contribution in [1.29, 1.82) is 0 Å². The number of rotatable bonds is 2. The molecule has 4 nitrogen and oxygen atoms in total. The van der Waals surface area contributed by atoms with Gasteiger partial charge in [0.05, 0.1) is 0 Å². The molecule has 1 unspecified atom stereocenters. The fraction of sp³-hybridized carbons (Fsp3) is 0.500. The van der Waals surface area contributed by atoms with Crippen molar-refractivity contribution in [2.75, 3.05) is 0 Å². The fourth-order valence-electron chi connectivity index (χ4n) is 1.54. The molecule has 0 saturated carbocycles. The van der Waals surface area contributed by atoms with E-state index in [1.807, 2.05) is 27.7 Å². The lowest BCUT2D eigenvalue weighted by atomic mass is 9.78. The van der Waals surface area contributed by atoms with Crippen LogP contribution in [0.15, 0.2) is 18.3 Å². The molecule has 4 heteroatoms. The molecule has 1 amide bonds. The van der Waals surface area contributed by atoms with Crippen molar-refractivity contribution >= 4 is 5.91 Å². The molecule has 1 rings (SSSR count). The van der Waals surface area contributed by atoms with E-state index in [-0.39, 0.29) is 11.3 Å². The quantitative estimate of drug-likeness (QED) is 0.609. The average molecular weight is 222 g/mol. The number of primary amides is 1. The van der Waals surface area contributed by atoms with Crippen molar-refractivity contribution in [2.24, 2.45) is 11.1 Å². The second kappa shape index (κ2) is 4.12. The van der Waals surface area contributed by atoms with Crippen LogP contribution in [0.4, 0.5) is 0 Å². The third-order valence-corrected chi connectivity index (χ3v) is 2.97. The van der Waals surface area contributed by atoms with Gasteiger partial charge in [-0.2, -0.15) is 4.73 Å². The maximum absolute atomic E-state index is 11.7. The van der Waals surface area contributed by atoms with E-state index in [0.29, 0.717) is 11.3 Å². The first-order valence-corrected chi connectivity index (χ1v) is 5.27. The molecule has 0 saturated heterocycles. The monoisotopic (exact) mass is 222 g/mol. The predicted octanol–water partition coefficient (Wildman–Crippen LogP) is 1.57. The predicted molar refractivity (Wildman–Crippen MR) is 61.8 cm³/mol. The molecule has 16 heavy (non-hydrogen) atoms. The van der Waals surface area contributed by atoms with E-state index in [9.17, 15) is 10.0 Å². The van der Waals surface area contributed by atoms with Gasteiger partial charge in [0.1, 0.15) is 5.56 Å². The number of nitrogens with two attached hydrogens (primary N) is 1. The second-order valence-electron chi connectivity index (χ2n) is 5.08. The van der Waals surface area contributed by atoms with E-state index in [4.69, 9.17) is 5.73 Å². The number of nitrogens with zero attached hydrogens (tertiary/aromatic N) is 1. The Morgan fingerprint density at radius 2 is 2.06 bits per heavy atom. The van der Waals surface area contributed by atoms with E-state index < -0.39 is 5.91 Å². The van der Waals surface area contributed by atoms with E-state index in [2.05, 4.69) is 0 Å². The normalized spacial score (nSPS) is 13.5. The Balaban J connectivity index is 3.36. The Morgan fingerprint density at radius 3 is 2.50 bits per heavy atom. The van der Waals surface area contributed by atoms with Crippen molar-refractivity contribution in [3.63, 3.8) is 0 Å². The SMILES string of the molecule is CC(c1c(C(N)=O)ccc[n+]1[O-])C(C)(C)C. The molecule has 0 aliphatic carbocycles. The third-order valence-electron chi connectivity index (χ3n) is 2.97. The van der Waals surface area contributed by atoms with Crippen LogP contribution < -0.4 is 10.5 Å². The van der Waals surface area contributed by atoms with Crippen molar-refractivity contribution < 1.29 is 9.52 Å². The summed E-state index contributed by atoms with van der Waals surface area (Å²) in [5.74, 6) is -0.606. The van der Waals surface area contributed by atoms with E-state index in [1.54, 1.807) is 6.07 Å². The highest BCUT2D eigenvalue weighted by Gasteiger charge is 2.31. The summed E-state index contributed by atoms with van der Waals surface area (Å²) in [5.41, 5.74) is 5.93. The van der Waals surface area contributed by atoms with Gasteiger partial charge in [-0.1, -0.05) is 27.7 Å². The lowest BCUT2D eigenvalue weighted by Gasteiger charge is -2.26. The first-order chi connectivity index (χ1) is 7.25. The lowest BCUT2D eigenvalue weighted by Crippen LogP contribution is -2.39. The van der Waals surface area contributed by atoms with Gasteiger partial charge in [0.25, 0.3) is 5.91 Å². The van der Waals surface area contributed by atoms with Gasteiger partial charge in [-0.15, -0.1) is 0 Å². The molecule has 1 aromatic rings. The number of hydrogen-bond donors (Lipinski definition) is 1. The van der Waals surface area contributed by atoms with E-state index in [1.165, 1.54) is 12.3 Å². The number of hydrogen-bond acceptors (Lipinski definition) is 2. The standard InChI is InChI=1S/C12H18N2O2/c1-8(12(2,3)4)10-9(11(13)15)6-5-7-14(10)16/h5-8H,1-4H3,(H2,13,15). The largest absolute Gasteiger partial charge is 0.618 e. The minimum atomic E-state index is -0.559. The molecule has 2 N–H and O–H groups in total. The molecule has 1 heterocycles. The summed E-state index contributed by atoms with van der Waals surface area (Å²) in [7, 11) is 0. The van der Waals surface area contributed by atoms with Gasteiger partial charge in [-0.3, -0.25) is 4.79 Å². The number of aromatic nitrogens is 1. The topological polar surface area (TPSA) is 70.0 Å². The number of carbonyl (C=O) groups excluding carboxylic acids is 1. The fourth-order valence-corrected chi connectivity index (χ4v) is 1.54. The van der Waals surface area contributed by atoms with Crippen LogP contribution in [0, 0.1) is 10.6 Å². The zero-order valence-corrected chi connectivity index (χ0v) is 10.2. The first-order valence-electron chi connectivity index (χ1n) is 5.27. The van der Waals surface area contributed by atoms with Crippen LogP contribution >= 0.6 is 0 Å². The van der Waals surface area contributed by atoms with Crippen LogP contribution in [-0.2, 0) is 0 Å². The Morgan fingerprint density at radius 1 is 1.50 bits per heavy atom. The van der Waals surface area contributed by atoms with Crippen LogP contribution in [0.3, 0.4) is 0 Å². The summed E-state index contributed by atoms with van der Waals surface area (Å²) < 4.78 is 0.732. The molecule has 0 bridgehead atoms. The molecule has 0 aromatic carbocycles. The Kier molecular flexibility index (Phi) is 3.21. The Labute approximate surface area is 95.7 Å². The molecule has 0 aliphatic rings. The van der Waals surface area contributed by atoms with Crippen molar-refractivity contribution in [3.8, 4) is 0 Å². The number of pyridine rings is 1. The highest BCUT2D eigenvalue weighted by molar-refractivity contribution is 5.93. The summed E-state index contributed by atoms with van der Waals surface area (Å²) in [6.07, 6.45) is 1.39. The van der Waals surface area contributed by atoms with Crippen LogP contribution in [0.5, 0.6) is 0 Å². The third kappa shape index (κ3) is 2.32. The number of amides is 1. The van der Waals surface area contributed by atoms with Gasteiger partial charge in [0.2, 0.25) is 5.69 Å². The molecule has 88 valence electrons. The molecular weight excluding hydrogens is 204 g/mol. The average Bonchev–Trinajstić information content (AvgIpc) is 2.14. The molecular formula is C12H18N2O2. The Bertz CT molecular complexity index is 408. The van der Waals surface area contributed by atoms with Crippen LogP contribution in [0.2, 0.25) is 0 Å². The van der Waals surface area contributed by atoms with Crippen LogP contribution in [-0.4, -0.2) is 5.91 Å². The minimum absolute atomic E-state index is 0.0475. The molecule has 1 atom stereocenters. The summed E-state index contributed by atoms with van der Waals surface area (Å²) in [6.45, 7) is 8.00. The Hall–Kier alpha value is -1.58. The summed E-state index contributed by atoms with van der Waals surface area (Å²) in [6, 6.07) is 3.13. The van der Waals surface area contributed by atoms with Gasteiger partial charge < -0.3 is 10.9 Å². The first kappa shape index (κ1) is 12.5. The molecule has 0 aliphatic heterocycles. The highest BCUT2D eigenvalue weighted by atomic mass is 16.5. The minimum Gasteiger partial charge on any atom is -0.618 e. The second-order valence-corrected chi connectivity index (χ2v) is 5.08. The zero-order valence-electron chi connectivity index (χ0n) is 10.2. The highest BCUT2D eigenvalue weighted by Crippen LogP contribution is 2.34. The van der Waals surface area contributed by atoms with E-state index in [0.717, 1.165) is 4.73 Å². The van der Waals surface area contributed by atoms with Crippen molar-refractivity contribution in [3.05, 3.63) is 34.8 Å². The van der Waals surface area contributed by atoms with Crippen molar-refractivity contribution in [1.82, 2.24) is 0 Å². The molecule has 0 radical (unpaired) electrons. The van der Waals surface area contributed by atoms with Crippen molar-refractivity contribution in [2.45, 2.75) is 33.6 Å². The van der Waals surface area contributed by atoms with Crippen LogP contribution in [0.1, 0.15) is 49.7 Å². The van der Waals surface area contributed by atoms with Gasteiger partial charge in [0.15, 0.2) is 6.20 Å². The molecule has 1 aromatic heterocycles. The smallest absolute Gasteiger partial charge is 0.255 e. The van der Waals surface area contributed by atoms with Crippen LogP contribution in [0.25, 0.3) is 0 Å². The molecule has 0 spiro atoms. The van der Waals surface area contributed by atoms with E-state index >= 15 is 0 Å².